The molecule has 0 unspecified atom stereocenters. The number of benzene rings is 2. The van der Waals surface area contributed by atoms with Gasteiger partial charge in [-0.25, -0.2) is 0 Å². The molecule has 0 bridgehead atoms. The molecule has 0 radical (unpaired) electrons. The number of aromatic nitrogens is 3. The Morgan fingerprint density at radius 1 is 0.889 bits per heavy atom. The fourth-order valence-corrected chi connectivity index (χ4v) is 4.44. The molecule has 1 saturated heterocycles. The number of carbonyl (C=O) groups excluding carboxylic acids is 2. The molecular formula is C26H24N6O3S. The molecule has 1 aliphatic rings. The highest BCUT2D eigenvalue weighted by molar-refractivity contribution is 7.99. The zero-order valence-corrected chi connectivity index (χ0v) is 20.2. The second-order valence-electron chi connectivity index (χ2n) is 8.12. The third-order valence-corrected chi connectivity index (χ3v) is 6.54. The lowest BCUT2D eigenvalue weighted by atomic mass is 10.1. The third kappa shape index (κ3) is 5.72. The van der Waals surface area contributed by atoms with Gasteiger partial charge in [0.2, 0.25) is 5.91 Å². The van der Waals surface area contributed by atoms with Crippen molar-refractivity contribution in [3.63, 3.8) is 0 Å². The van der Waals surface area contributed by atoms with Gasteiger partial charge in [0.05, 0.1) is 5.75 Å². The minimum Gasteiger partial charge on any atom is -0.410 e. The summed E-state index contributed by atoms with van der Waals surface area (Å²) in [6, 6.07) is 22.5. The van der Waals surface area contributed by atoms with Crippen molar-refractivity contribution >= 4 is 35.0 Å². The molecule has 2 aromatic carbocycles. The fraction of sp³-hybridized carbons (Fsp3) is 0.192. The van der Waals surface area contributed by atoms with Gasteiger partial charge in [-0.05, 0) is 48.5 Å². The highest BCUT2D eigenvalue weighted by atomic mass is 32.2. The molecule has 1 fully saturated rings. The number of nitrogens with one attached hydrogen (secondary N) is 1. The predicted octanol–water partition coefficient (Wildman–Crippen LogP) is 3.82. The molecule has 2 aromatic heterocycles. The fourth-order valence-electron chi connectivity index (χ4n) is 3.87. The van der Waals surface area contributed by atoms with Gasteiger partial charge in [-0.2, -0.15) is 0 Å². The topological polar surface area (TPSA) is 104 Å². The van der Waals surface area contributed by atoms with Crippen molar-refractivity contribution in [2.24, 2.45) is 0 Å². The van der Waals surface area contributed by atoms with E-state index in [-0.39, 0.29) is 17.6 Å². The third-order valence-electron chi connectivity index (χ3n) is 5.72. The summed E-state index contributed by atoms with van der Waals surface area (Å²) in [6.45, 7) is 2.85. The van der Waals surface area contributed by atoms with E-state index in [9.17, 15) is 9.59 Å². The van der Waals surface area contributed by atoms with Gasteiger partial charge in [-0.1, -0.05) is 36.0 Å². The maximum Gasteiger partial charge on any atom is 0.277 e. The Hall–Kier alpha value is -4.18. The number of pyridine rings is 1. The van der Waals surface area contributed by atoms with Crippen LogP contribution in [0.4, 0.5) is 11.4 Å². The Morgan fingerprint density at radius 3 is 2.36 bits per heavy atom. The molecule has 10 heteroatoms. The summed E-state index contributed by atoms with van der Waals surface area (Å²) in [5.41, 5.74) is 3.08. The lowest BCUT2D eigenvalue weighted by Crippen LogP contribution is -2.48. The first-order valence-corrected chi connectivity index (χ1v) is 12.5. The predicted molar refractivity (Wildman–Crippen MR) is 138 cm³/mol. The van der Waals surface area contributed by atoms with Crippen molar-refractivity contribution in [1.29, 1.82) is 0 Å². The molecule has 5 rings (SSSR count). The number of hydrogen-bond donors (Lipinski definition) is 1. The number of rotatable bonds is 7. The van der Waals surface area contributed by atoms with Crippen LogP contribution in [0.1, 0.15) is 10.4 Å². The van der Waals surface area contributed by atoms with Crippen LogP contribution in [0, 0.1) is 0 Å². The van der Waals surface area contributed by atoms with Crippen molar-refractivity contribution in [2.75, 3.05) is 42.1 Å². The monoisotopic (exact) mass is 500 g/mol. The molecule has 3 heterocycles. The van der Waals surface area contributed by atoms with Gasteiger partial charge in [0.15, 0.2) is 0 Å². The maximum absolute atomic E-state index is 12.6. The zero-order valence-electron chi connectivity index (χ0n) is 19.4. The van der Waals surface area contributed by atoms with E-state index in [1.54, 1.807) is 12.3 Å². The van der Waals surface area contributed by atoms with E-state index in [1.807, 2.05) is 71.6 Å². The maximum atomic E-state index is 12.6. The summed E-state index contributed by atoms with van der Waals surface area (Å²) in [6.07, 6.45) is 1.65. The Morgan fingerprint density at radius 2 is 1.64 bits per heavy atom. The van der Waals surface area contributed by atoms with E-state index in [4.69, 9.17) is 4.42 Å². The average Bonchev–Trinajstić information content (AvgIpc) is 3.42. The van der Waals surface area contributed by atoms with Crippen LogP contribution in [0.3, 0.4) is 0 Å². The van der Waals surface area contributed by atoms with Crippen LogP contribution in [0.25, 0.3) is 11.6 Å². The molecule has 182 valence electrons. The van der Waals surface area contributed by atoms with Gasteiger partial charge in [0, 0.05) is 49.3 Å². The normalized spacial score (nSPS) is 13.4. The summed E-state index contributed by atoms with van der Waals surface area (Å²) in [7, 11) is 0. The standard InChI is InChI=1S/C26H24N6O3S/c33-23(18-36-26-30-29-24(35-26)22-8-4-5-13-27-22)28-20-9-11-21(12-10-20)31-14-16-32(17-15-31)25(34)19-6-2-1-3-7-19/h1-13H,14-18H2,(H,28,33). The van der Waals surface area contributed by atoms with Gasteiger partial charge in [-0.15, -0.1) is 10.2 Å². The number of piperazine rings is 1. The molecule has 0 aliphatic carbocycles. The summed E-state index contributed by atoms with van der Waals surface area (Å²) in [4.78, 5) is 33.3. The van der Waals surface area contributed by atoms with E-state index in [2.05, 4.69) is 25.4 Å². The number of hydrogen-bond acceptors (Lipinski definition) is 8. The number of nitrogens with zero attached hydrogens (tertiary/aromatic N) is 5. The van der Waals surface area contributed by atoms with E-state index in [0.29, 0.717) is 35.6 Å². The van der Waals surface area contributed by atoms with E-state index in [1.165, 1.54) is 11.8 Å². The highest BCUT2D eigenvalue weighted by Crippen LogP contribution is 2.23. The van der Waals surface area contributed by atoms with Crippen LogP contribution < -0.4 is 10.2 Å². The van der Waals surface area contributed by atoms with Gasteiger partial charge < -0.3 is 19.5 Å². The number of thioether (sulfide) groups is 1. The Bertz CT molecular complexity index is 1310. The van der Waals surface area contributed by atoms with Crippen LogP contribution in [0.2, 0.25) is 0 Å². The molecule has 1 N–H and O–H groups in total. The number of amides is 2. The summed E-state index contributed by atoms with van der Waals surface area (Å²) in [5.74, 6) is 0.362. The Balaban J connectivity index is 1.09. The molecule has 36 heavy (non-hydrogen) atoms. The minimum absolute atomic E-state index is 0.0691. The molecular weight excluding hydrogens is 476 g/mol. The van der Waals surface area contributed by atoms with Gasteiger partial charge >= 0.3 is 0 Å². The molecule has 1 aliphatic heterocycles. The van der Waals surface area contributed by atoms with E-state index < -0.39 is 0 Å². The molecule has 0 spiro atoms. The van der Waals surface area contributed by atoms with Gasteiger partial charge in [0.25, 0.3) is 17.0 Å². The smallest absolute Gasteiger partial charge is 0.277 e. The lowest BCUT2D eigenvalue weighted by Gasteiger charge is -2.36. The van der Waals surface area contributed by atoms with Crippen LogP contribution in [-0.2, 0) is 4.79 Å². The van der Waals surface area contributed by atoms with Crippen molar-refractivity contribution in [2.45, 2.75) is 5.22 Å². The molecule has 2 amide bonds. The van der Waals surface area contributed by atoms with Gasteiger partial charge in [0.1, 0.15) is 5.69 Å². The number of anilines is 2. The summed E-state index contributed by atoms with van der Waals surface area (Å²) in [5, 5.41) is 11.1. The first-order valence-electron chi connectivity index (χ1n) is 11.5. The minimum atomic E-state index is -0.168. The number of carbonyl (C=O) groups is 2. The van der Waals surface area contributed by atoms with Crippen LogP contribution in [-0.4, -0.2) is 63.8 Å². The summed E-state index contributed by atoms with van der Waals surface area (Å²) < 4.78 is 5.57. The largest absolute Gasteiger partial charge is 0.410 e. The molecule has 0 saturated carbocycles. The molecule has 9 nitrogen and oxygen atoms in total. The van der Waals surface area contributed by atoms with E-state index >= 15 is 0 Å². The van der Waals surface area contributed by atoms with Crippen LogP contribution in [0.5, 0.6) is 0 Å². The highest BCUT2D eigenvalue weighted by Gasteiger charge is 2.22. The lowest BCUT2D eigenvalue weighted by molar-refractivity contribution is -0.113. The van der Waals surface area contributed by atoms with Crippen molar-refractivity contribution in [3.8, 4) is 11.6 Å². The first kappa shape index (κ1) is 23.6. The quantitative estimate of drug-likeness (QED) is 0.382. The van der Waals surface area contributed by atoms with E-state index in [0.717, 1.165) is 24.3 Å². The van der Waals surface area contributed by atoms with Crippen molar-refractivity contribution in [1.82, 2.24) is 20.1 Å². The SMILES string of the molecule is O=C(CSc1nnc(-c2ccccn2)o1)Nc1ccc(N2CCN(C(=O)c3ccccc3)CC2)cc1. The first-order chi connectivity index (χ1) is 17.7. The van der Waals surface area contributed by atoms with Crippen molar-refractivity contribution < 1.29 is 14.0 Å². The molecule has 0 atom stereocenters. The second-order valence-corrected chi connectivity index (χ2v) is 9.04. The van der Waals surface area contributed by atoms with Crippen molar-refractivity contribution in [3.05, 3.63) is 84.6 Å². The Labute approximate surface area is 212 Å². The molecule has 4 aromatic rings. The Kier molecular flexibility index (Phi) is 7.23. The average molecular weight is 501 g/mol. The van der Waals surface area contributed by atoms with Gasteiger partial charge in [-0.3, -0.25) is 14.6 Å². The summed E-state index contributed by atoms with van der Waals surface area (Å²) >= 11 is 1.17. The zero-order chi connectivity index (χ0) is 24.7. The second kappa shape index (κ2) is 11.0. The van der Waals surface area contributed by atoms with Crippen LogP contribution in [0.15, 0.2) is 88.6 Å². The van der Waals surface area contributed by atoms with Crippen LogP contribution >= 0.6 is 11.8 Å².